The van der Waals surface area contributed by atoms with Crippen molar-refractivity contribution >= 4 is 33.2 Å². The summed E-state index contributed by atoms with van der Waals surface area (Å²) in [5.41, 5.74) is 0. The average Bonchev–Trinajstić information content (AvgIpc) is 1.59. The van der Waals surface area contributed by atoms with Gasteiger partial charge in [0.1, 0.15) is 0 Å². The van der Waals surface area contributed by atoms with Crippen LogP contribution in [0.25, 0.3) is 0 Å². The molecule has 0 unspecified atom stereocenters. The largest absolute Gasteiger partial charge is 0 e. The summed E-state index contributed by atoms with van der Waals surface area (Å²) in [6, 6.07) is 0. The summed E-state index contributed by atoms with van der Waals surface area (Å²) in [6.07, 6.45) is 0. The molecular formula is C9H21GeLi. The van der Waals surface area contributed by atoms with E-state index in [1.54, 1.807) is 0 Å². The molecule has 2 radical (unpaired) electrons. The molecule has 0 saturated carbocycles. The van der Waals surface area contributed by atoms with Crippen LogP contribution in [0.3, 0.4) is 0 Å². The Labute approximate surface area is 88.8 Å². The summed E-state index contributed by atoms with van der Waals surface area (Å²) in [7, 11) is 0. The Bertz CT molecular complexity index is 70.5. The van der Waals surface area contributed by atoms with Gasteiger partial charge in [-0.2, -0.15) is 0 Å². The first-order chi connectivity index (χ1) is 4.46. The van der Waals surface area contributed by atoms with E-state index in [9.17, 15) is 0 Å². The summed E-state index contributed by atoms with van der Waals surface area (Å²) >= 11 is -0.722. The van der Waals surface area contributed by atoms with Crippen LogP contribution in [0, 0.1) is 0 Å². The normalized spacial score (nSPS) is 11.5. The van der Waals surface area contributed by atoms with E-state index in [2.05, 4.69) is 41.5 Å². The fourth-order valence-corrected chi connectivity index (χ4v) is 10.4. The Morgan fingerprint density at radius 2 is 0.818 bits per heavy atom. The van der Waals surface area contributed by atoms with E-state index < -0.39 is 14.3 Å². The van der Waals surface area contributed by atoms with E-state index in [1.807, 2.05) is 0 Å². The summed E-state index contributed by atoms with van der Waals surface area (Å²) in [4.78, 5) is 0. The third-order valence-electron chi connectivity index (χ3n) is 2.00. The van der Waals surface area contributed by atoms with Crippen molar-refractivity contribution in [2.75, 3.05) is 0 Å². The molecule has 11 heavy (non-hydrogen) atoms. The van der Waals surface area contributed by atoms with Crippen LogP contribution in [0.15, 0.2) is 0 Å². The Kier molecular flexibility index (Phi) is 8.84. The molecule has 0 fully saturated rings. The van der Waals surface area contributed by atoms with Crippen molar-refractivity contribution in [3.05, 3.63) is 0 Å². The quantitative estimate of drug-likeness (QED) is 0.625. The van der Waals surface area contributed by atoms with Crippen LogP contribution in [0.4, 0.5) is 0 Å². The summed E-state index contributed by atoms with van der Waals surface area (Å²) in [6.45, 7) is 14.4. The number of rotatable bonds is 3. The van der Waals surface area contributed by atoms with Gasteiger partial charge in [-0.05, 0) is 0 Å². The minimum absolute atomic E-state index is 0. The summed E-state index contributed by atoms with van der Waals surface area (Å²) in [5.74, 6) is 0. The Morgan fingerprint density at radius 1 is 0.636 bits per heavy atom. The van der Waals surface area contributed by atoms with Gasteiger partial charge < -0.3 is 0 Å². The van der Waals surface area contributed by atoms with Crippen LogP contribution < -0.4 is 0 Å². The molecule has 0 rings (SSSR count). The zero-order valence-electron chi connectivity index (χ0n) is 9.23. The van der Waals surface area contributed by atoms with E-state index in [1.165, 1.54) is 0 Å². The first-order valence-electron chi connectivity index (χ1n) is 4.33. The van der Waals surface area contributed by atoms with Crippen LogP contribution in [-0.2, 0) is 0 Å². The standard InChI is InChI=1S/C9H21Ge.Li/c1-7(2)10(8(3)4)9(5)6;/h7-9H,1-6H3;. The predicted octanol–water partition coefficient (Wildman–Crippen LogP) is 3.33. The minimum Gasteiger partial charge on any atom is 0 e. The summed E-state index contributed by atoms with van der Waals surface area (Å²) in [5, 5.41) is 0. The van der Waals surface area contributed by atoms with Crippen LogP contribution in [0.1, 0.15) is 41.5 Å². The van der Waals surface area contributed by atoms with Gasteiger partial charge in [-0.1, -0.05) is 0 Å². The molecule has 0 heterocycles. The molecule has 0 nitrogen and oxygen atoms in total. The van der Waals surface area contributed by atoms with Crippen molar-refractivity contribution in [1.82, 2.24) is 0 Å². The van der Waals surface area contributed by atoms with E-state index in [0.29, 0.717) is 0 Å². The number of hydrogen-bond acceptors (Lipinski definition) is 0. The Hall–Kier alpha value is 1.14. The molecular weight excluding hydrogens is 188 g/mol. The van der Waals surface area contributed by atoms with Gasteiger partial charge in [-0.15, -0.1) is 0 Å². The van der Waals surface area contributed by atoms with Gasteiger partial charge in [0.05, 0.1) is 0 Å². The van der Waals surface area contributed by atoms with Gasteiger partial charge in [0.2, 0.25) is 0 Å². The van der Waals surface area contributed by atoms with Crippen LogP contribution in [-0.4, -0.2) is 33.2 Å². The SMILES string of the molecule is C[CH](C)[Ge]([CH](C)C)[CH](C)C.[Li]. The van der Waals surface area contributed by atoms with Gasteiger partial charge in [-0.3, -0.25) is 0 Å². The monoisotopic (exact) mass is 210 g/mol. The minimum atomic E-state index is -0.722. The molecule has 0 aromatic carbocycles. The predicted molar refractivity (Wildman–Crippen MR) is 56.8 cm³/mol. The molecule has 0 bridgehead atoms. The van der Waals surface area contributed by atoms with Crippen LogP contribution in [0.5, 0.6) is 0 Å². The number of hydrogen-bond donors (Lipinski definition) is 0. The zero-order valence-corrected chi connectivity index (χ0v) is 11.3. The van der Waals surface area contributed by atoms with Crippen molar-refractivity contribution in [2.24, 2.45) is 0 Å². The van der Waals surface area contributed by atoms with Crippen molar-refractivity contribution in [1.29, 1.82) is 0 Å². The topological polar surface area (TPSA) is 0 Å². The van der Waals surface area contributed by atoms with Gasteiger partial charge in [0.15, 0.2) is 0 Å². The maximum Gasteiger partial charge on any atom is 0 e. The molecule has 62 valence electrons. The molecule has 0 N–H and O–H groups in total. The maximum absolute atomic E-state index is 2.40. The molecule has 0 aromatic heterocycles. The molecule has 0 aliphatic carbocycles. The molecule has 0 saturated heterocycles. The molecule has 0 spiro atoms. The van der Waals surface area contributed by atoms with E-state index in [4.69, 9.17) is 0 Å². The van der Waals surface area contributed by atoms with Crippen molar-refractivity contribution in [2.45, 2.75) is 55.8 Å². The summed E-state index contributed by atoms with van der Waals surface area (Å²) < 4.78 is 3.00. The second-order valence-corrected chi connectivity index (χ2v) is 13.3. The first-order valence-corrected chi connectivity index (χ1v) is 7.96. The van der Waals surface area contributed by atoms with Gasteiger partial charge in [0, 0.05) is 18.9 Å². The molecule has 2 heteroatoms. The van der Waals surface area contributed by atoms with E-state index in [0.717, 1.165) is 14.3 Å². The molecule has 0 aliphatic heterocycles. The Balaban J connectivity index is 0. The molecule has 0 atom stereocenters. The molecule has 0 aliphatic rings. The third kappa shape index (κ3) is 5.39. The third-order valence-corrected chi connectivity index (χ3v) is 10.4. The molecule has 0 amide bonds. The average molecular weight is 209 g/mol. The zero-order chi connectivity index (χ0) is 8.31. The smallest absolute Gasteiger partial charge is 0 e. The van der Waals surface area contributed by atoms with E-state index in [-0.39, 0.29) is 18.9 Å². The van der Waals surface area contributed by atoms with Crippen molar-refractivity contribution < 1.29 is 0 Å². The van der Waals surface area contributed by atoms with Crippen molar-refractivity contribution in [3.8, 4) is 0 Å². The van der Waals surface area contributed by atoms with Gasteiger partial charge in [-0.25, -0.2) is 0 Å². The van der Waals surface area contributed by atoms with Gasteiger partial charge >= 0.3 is 70.1 Å². The Morgan fingerprint density at radius 3 is 0.818 bits per heavy atom. The fraction of sp³-hybridized carbons (Fsp3) is 1.00. The second kappa shape index (κ2) is 6.63. The first kappa shape index (κ1) is 14.7. The van der Waals surface area contributed by atoms with E-state index >= 15 is 0 Å². The molecule has 0 aromatic rings. The fourth-order valence-electron chi connectivity index (χ4n) is 2.00. The van der Waals surface area contributed by atoms with Crippen LogP contribution >= 0.6 is 0 Å². The van der Waals surface area contributed by atoms with Gasteiger partial charge in [0.25, 0.3) is 0 Å². The van der Waals surface area contributed by atoms with Crippen LogP contribution in [0.2, 0.25) is 14.3 Å². The van der Waals surface area contributed by atoms with Crippen molar-refractivity contribution in [3.63, 3.8) is 0 Å². The maximum atomic E-state index is 2.40. The second-order valence-electron chi connectivity index (χ2n) is 3.96.